The Hall–Kier alpha value is -1.95. The smallest absolute Gasteiger partial charge is 0.309 e. The second-order valence-electron chi connectivity index (χ2n) is 3.11. The molecule has 0 fully saturated rings. The van der Waals surface area contributed by atoms with Gasteiger partial charge in [0.05, 0.1) is 23.4 Å². The number of aromatic nitrogens is 1. The highest BCUT2D eigenvalue weighted by atomic mass is 16.5. The van der Waals surface area contributed by atoms with Crippen molar-refractivity contribution in [1.29, 1.82) is 0 Å². The molecule has 1 rings (SSSR count). The molecule has 0 amide bonds. The summed E-state index contributed by atoms with van der Waals surface area (Å²) in [7, 11) is 0. The van der Waals surface area contributed by atoms with E-state index in [9.17, 15) is 14.7 Å². The first-order valence-electron chi connectivity index (χ1n) is 4.48. The molecule has 0 aliphatic rings. The van der Waals surface area contributed by atoms with E-state index in [0.717, 1.165) is 0 Å². The maximum absolute atomic E-state index is 10.8. The van der Waals surface area contributed by atoms with Crippen molar-refractivity contribution in [2.45, 2.75) is 20.5 Å². The van der Waals surface area contributed by atoms with E-state index in [1.165, 1.54) is 13.8 Å². The molecule has 0 radical (unpaired) electrons. The highest BCUT2D eigenvalue weighted by Gasteiger charge is 2.18. The molecular formula is C10H11NO5. The van der Waals surface area contributed by atoms with Crippen molar-refractivity contribution in [2.75, 3.05) is 0 Å². The third-order valence-corrected chi connectivity index (χ3v) is 1.97. The summed E-state index contributed by atoms with van der Waals surface area (Å²) in [6, 6.07) is 0. The van der Waals surface area contributed by atoms with Crippen LogP contribution in [0.2, 0.25) is 0 Å². The minimum absolute atomic E-state index is 0.00620. The van der Waals surface area contributed by atoms with Crippen molar-refractivity contribution in [3.63, 3.8) is 0 Å². The molecule has 0 aliphatic carbocycles. The molecule has 0 aromatic carbocycles. The molecule has 0 unspecified atom stereocenters. The lowest BCUT2D eigenvalue weighted by atomic mass is 10.1. The number of aryl methyl sites for hydroxylation is 1. The van der Waals surface area contributed by atoms with Gasteiger partial charge in [0.2, 0.25) is 5.88 Å². The van der Waals surface area contributed by atoms with Gasteiger partial charge in [-0.05, 0) is 6.92 Å². The molecule has 0 saturated carbocycles. The molecule has 86 valence electrons. The number of carbonyl (C=O) groups is 2. The van der Waals surface area contributed by atoms with Crippen LogP contribution < -0.4 is 4.74 Å². The van der Waals surface area contributed by atoms with Crippen LogP contribution >= 0.6 is 0 Å². The van der Waals surface area contributed by atoms with Gasteiger partial charge in [-0.1, -0.05) is 0 Å². The number of aldehydes is 1. The van der Waals surface area contributed by atoms with E-state index in [1.54, 1.807) is 0 Å². The highest BCUT2D eigenvalue weighted by molar-refractivity contribution is 5.83. The molecule has 2 N–H and O–H groups in total. The Kier molecular flexibility index (Phi) is 3.57. The Labute approximate surface area is 91.5 Å². The second kappa shape index (κ2) is 4.71. The molecule has 0 bridgehead atoms. The van der Waals surface area contributed by atoms with Crippen molar-refractivity contribution in [1.82, 2.24) is 4.98 Å². The van der Waals surface area contributed by atoms with Crippen LogP contribution in [-0.4, -0.2) is 27.5 Å². The zero-order valence-corrected chi connectivity index (χ0v) is 8.85. The zero-order valence-electron chi connectivity index (χ0n) is 8.85. The van der Waals surface area contributed by atoms with Crippen LogP contribution in [0.4, 0.5) is 0 Å². The molecule has 16 heavy (non-hydrogen) atoms. The number of aromatic hydroxyl groups is 1. The summed E-state index contributed by atoms with van der Waals surface area (Å²) in [5.74, 6) is -1.11. The first-order valence-corrected chi connectivity index (χ1v) is 4.48. The zero-order chi connectivity index (χ0) is 12.3. The van der Waals surface area contributed by atoms with Crippen molar-refractivity contribution in [2.24, 2.45) is 0 Å². The first-order chi connectivity index (χ1) is 7.51. The van der Waals surface area contributed by atoms with Crippen LogP contribution in [0, 0.1) is 6.92 Å². The number of aliphatic hydroxyl groups is 1. The van der Waals surface area contributed by atoms with Gasteiger partial charge in [-0.25, -0.2) is 4.98 Å². The molecule has 1 aromatic rings. The number of pyridine rings is 1. The Bertz CT molecular complexity index is 441. The van der Waals surface area contributed by atoms with Crippen LogP contribution in [0.5, 0.6) is 11.6 Å². The third kappa shape index (κ3) is 2.17. The number of esters is 1. The summed E-state index contributed by atoms with van der Waals surface area (Å²) in [5.41, 5.74) is 0.0232. The molecule has 0 saturated heterocycles. The van der Waals surface area contributed by atoms with Gasteiger partial charge in [0, 0.05) is 6.92 Å². The average Bonchev–Trinajstić information content (AvgIpc) is 2.21. The first kappa shape index (κ1) is 12.1. The SMILES string of the molecule is CC(=O)Oc1nc(C)c(O)c(C=O)c1CO. The van der Waals surface area contributed by atoms with E-state index in [0.29, 0.717) is 6.29 Å². The Morgan fingerprint density at radius 2 is 2.19 bits per heavy atom. The van der Waals surface area contributed by atoms with Crippen molar-refractivity contribution < 1.29 is 24.5 Å². The predicted molar refractivity (Wildman–Crippen MR) is 53.3 cm³/mol. The number of hydrogen-bond donors (Lipinski definition) is 2. The Morgan fingerprint density at radius 3 is 2.62 bits per heavy atom. The van der Waals surface area contributed by atoms with Gasteiger partial charge in [0.1, 0.15) is 5.75 Å². The molecule has 1 aromatic heterocycles. The van der Waals surface area contributed by atoms with E-state index in [-0.39, 0.29) is 28.5 Å². The fourth-order valence-electron chi connectivity index (χ4n) is 1.23. The van der Waals surface area contributed by atoms with Gasteiger partial charge in [0.25, 0.3) is 0 Å². The van der Waals surface area contributed by atoms with Crippen LogP contribution in [0.25, 0.3) is 0 Å². The number of carbonyl (C=O) groups excluding carboxylic acids is 2. The maximum Gasteiger partial charge on any atom is 0.309 e. The maximum atomic E-state index is 10.8. The van der Waals surface area contributed by atoms with Crippen LogP contribution in [0.15, 0.2) is 0 Å². The van der Waals surface area contributed by atoms with Gasteiger partial charge in [-0.2, -0.15) is 0 Å². The molecule has 6 nitrogen and oxygen atoms in total. The second-order valence-corrected chi connectivity index (χ2v) is 3.11. The number of aliphatic hydroxyl groups excluding tert-OH is 1. The fourth-order valence-corrected chi connectivity index (χ4v) is 1.23. The number of ether oxygens (including phenoxy) is 1. The van der Waals surface area contributed by atoms with E-state index in [4.69, 9.17) is 9.84 Å². The monoisotopic (exact) mass is 225 g/mol. The molecule has 1 heterocycles. The van der Waals surface area contributed by atoms with Gasteiger partial charge < -0.3 is 14.9 Å². The molecule has 0 atom stereocenters. The summed E-state index contributed by atoms with van der Waals surface area (Å²) in [5, 5.41) is 18.6. The largest absolute Gasteiger partial charge is 0.505 e. The van der Waals surface area contributed by atoms with E-state index in [2.05, 4.69) is 4.98 Å². The summed E-state index contributed by atoms with van der Waals surface area (Å²) < 4.78 is 4.73. The van der Waals surface area contributed by atoms with E-state index < -0.39 is 12.6 Å². The van der Waals surface area contributed by atoms with Crippen LogP contribution in [0.3, 0.4) is 0 Å². The van der Waals surface area contributed by atoms with Crippen LogP contribution in [0.1, 0.15) is 28.5 Å². The number of hydrogen-bond acceptors (Lipinski definition) is 6. The summed E-state index contributed by atoms with van der Waals surface area (Å²) >= 11 is 0. The molecule has 0 aliphatic heterocycles. The van der Waals surface area contributed by atoms with Gasteiger partial charge in [-0.15, -0.1) is 0 Å². The van der Waals surface area contributed by atoms with E-state index in [1.807, 2.05) is 0 Å². The van der Waals surface area contributed by atoms with Crippen molar-refractivity contribution in [3.05, 3.63) is 16.8 Å². The summed E-state index contributed by atoms with van der Waals surface area (Å²) in [6.07, 6.45) is 0.378. The number of nitrogens with zero attached hydrogens (tertiary/aromatic N) is 1. The number of rotatable bonds is 3. The van der Waals surface area contributed by atoms with Crippen LogP contribution in [-0.2, 0) is 11.4 Å². The Morgan fingerprint density at radius 1 is 1.56 bits per heavy atom. The quantitative estimate of drug-likeness (QED) is 0.568. The topological polar surface area (TPSA) is 96.7 Å². The lowest BCUT2D eigenvalue weighted by molar-refractivity contribution is -0.132. The standard InChI is InChI=1S/C10H11NO5/c1-5-9(15)7(3-12)8(4-13)10(11-5)16-6(2)14/h3,13,15H,4H2,1-2H3. The molecule has 6 heteroatoms. The van der Waals surface area contributed by atoms with Crippen molar-refractivity contribution in [3.8, 4) is 11.6 Å². The van der Waals surface area contributed by atoms with Gasteiger partial charge in [0.15, 0.2) is 6.29 Å². The minimum atomic E-state index is -0.621. The van der Waals surface area contributed by atoms with E-state index >= 15 is 0 Å². The minimum Gasteiger partial charge on any atom is -0.505 e. The van der Waals surface area contributed by atoms with Gasteiger partial charge in [-0.3, -0.25) is 9.59 Å². The lowest BCUT2D eigenvalue weighted by Gasteiger charge is -2.11. The predicted octanol–water partition coefficient (Wildman–Crippen LogP) is 0.326. The van der Waals surface area contributed by atoms with Gasteiger partial charge >= 0.3 is 5.97 Å². The highest BCUT2D eigenvalue weighted by Crippen LogP contribution is 2.29. The average molecular weight is 225 g/mol. The summed E-state index contributed by atoms with van der Waals surface area (Å²) in [4.78, 5) is 25.3. The Balaban J connectivity index is 3.43. The normalized spacial score (nSPS) is 9.94. The molecule has 0 spiro atoms. The molecular weight excluding hydrogens is 214 g/mol. The fraction of sp³-hybridized carbons (Fsp3) is 0.300. The summed E-state index contributed by atoms with van der Waals surface area (Å²) in [6.45, 7) is 2.07. The lowest BCUT2D eigenvalue weighted by Crippen LogP contribution is -2.09. The third-order valence-electron chi connectivity index (χ3n) is 1.97. The van der Waals surface area contributed by atoms with Crippen molar-refractivity contribution >= 4 is 12.3 Å².